The summed E-state index contributed by atoms with van der Waals surface area (Å²) in [6.07, 6.45) is 0.306. The van der Waals surface area contributed by atoms with Crippen LogP contribution >= 0.6 is 0 Å². The summed E-state index contributed by atoms with van der Waals surface area (Å²) < 4.78 is 13.2. The van der Waals surface area contributed by atoms with Gasteiger partial charge in [0.25, 0.3) is 5.91 Å². The van der Waals surface area contributed by atoms with Gasteiger partial charge in [-0.2, -0.15) is 0 Å². The monoisotopic (exact) mass is 286 g/mol. The average Bonchev–Trinajstić information content (AvgIpc) is 2.82. The number of fused-ring (bicyclic) bond motifs is 1. The molecule has 5 nitrogen and oxygen atoms in total. The second-order valence-electron chi connectivity index (χ2n) is 4.72. The predicted molar refractivity (Wildman–Crippen MR) is 74.8 cm³/mol. The lowest BCUT2D eigenvalue weighted by atomic mass is 10.1. The molecular formula is C15H11FN2O3. The Hall–Kier alpha value is -2.89. The van der Waals surface area contributed by atoms with E-state index in [0.717, 1.165) is 17.7 Å². The predicted octanol–water partition coefficient (Wildman–Crippen LogP) is 2.28. The number of carbonyl (C=O) groups excluding carboxylic acids is 2. The number of anilines is 2. The fraction of sp³-hybridized carbons (Fsp3) is 0.0667. The van der Waals surface area contributed by atoms with E-state index in [9.17, 15) is 14.0 Å². The number of benzene rings is 2. The fourth-order valence-corrected chi connectivity index (χ4v) is 2.14. The number of aromatic hydroxyl groups is 1. The van der Waals surface area contributed by atoms with Gasteiger partial charge in [-0.1, -0.05) is 6.07 Å². The van der Waals surface area contributed by atoms with Crippen LogP contribution < -0.4 is 10.6 Å². The highest BCUT2D eigenvalue weighted by Gasteiger charge is 2.19. The van der Waals surface area contributed by atoms with Crippen LogP contribution in [-0.2, 0) is 11.2 Å². The number of halogens is 1. The van der Waals surface area contributed by atoms with Crippen LogP contribution in [0.5, 0.6) is 5.75 Å². The first-order valence-corrected chi connectivity index (χ1v) is 6.25. The molecule has 3 N–H and O–H groups in total. The van der Waals surface area contributed by atoms with Crippen molar-refractivity contribution in [2.45, 2.75) is 6.42 Å². The van der Waals surface area contributed by atoms with Gasteiger partial charge in [0, 0.05) is 23.0 Å². The summed E-state index contributed by atoms with van der Waals surface area (Å²) in [6, 6.07) is 8.47. The van der Waals surface area contributed by atoms with Crippen molar-refractivity contribution in [3.8, 4) is 5.75 Å². The molecule has 1 heterocycles. The van der Waals surface area contributed by atoms with Crippen LogP contribution in [0.2, 0.25) is 0 Å². The number of phenolic OH excluding ortho intramolecular Hbond substituents is 1. The number of nitrogens with one attached hydrogen (secondary N) is 2. The molecule has 0 atom stereocenters. The minimum atomic E-state index is -0.811. The molecule has 1 aliphatic rings. The van der Waals surface area contributed by atoms with Crippen molar-refractivity contribution < 1.29 is 19.1 Å². The lowest BCUT2D eigenvalue weighted by Crippen LogP contribution is -2.12. The highest BCUT2D eigenvalue weighted by molar-refractivity contribution is 6.07. The van der Waals surface area contributed by atoms with E-state index in [1.807, 2.05) is 0 Å². The Bertz CT molecular complexity index is 759. The largest absolute Gasteiger partial charge is 0.505 e. The average molecular weight is 286 g/mol. The fourth-order valence-electron chi connectivity index (χ4n) is 2.14. The topological polar surface area (TPSA) is 78.4 Å². The maximum Gasteiger partial charge on any atom is 0.255 e. The number of hydrogen-bond donors (Lipinski definition) is 3. The van der Waals surface area contributed by atoms with E-state index in [1.54, 1.807) is 18.2 Å². The highest BCUT2D eigenvalue weighted by atomic mass is 19.1. The van der Waals surface area contributed by atoms with Gasteiger partial charge in [0.1, 0.15) is 0 Å². The Labute approximate surface area is 119 Å². The zero-order valence-electron chi connectivity index (χ0n) is 10.8. The quantitative estimate of drug-likeness (QED) is 0.741. The summed E-state index contributed by atoms with van der Waals surface area (Å²) >= 11 is 0. The summed E-state index contributed by atoms with van der Waals surface area (Å²) in [7, 11) is 0. The molecule has 1 aliphatic heterocycles. The second kappa shape index (κ2) is 4.90. The molecule has 0 radical (unpaired) electrons. The van der Waals surface area contributed by atoms with Gasteiger partial charge in [-0.3, -0.25) is 9.59 Å². The van der Waals surface area contributed by atoms with Crippen molar-refractivity contribution in [3.63, 3.8) is 0 Å². The first kappa shape index (κ1) is 13.1. The van der Waals surface area contributed by atoms with Gasteiger partial charge in [0.15, 0.2) is 11.6 Å². The molecular weight excluding hydrogens is 275 g/mol. The van der Waals surface area contributed by atoms with Gasteiger partial charge < -0.3 is 15.7 Å². The summed E-state index contributed by atoms with van der Waals surface area (Å²) in [6.45, 7) is 0. The summed E-state index contributed by atoms with van der Waals surface area (Å²) in [5.41, 5.74) is 2.04. The third kappa shape index (κ3) is 2.55. The molecule has 3 rings (SSSR count). The zero-order valence-corrected chi connectivity index (χ0v) is 10.8. The molecule has 0 bridgehead atoms. The van der Waals surface area contributed by atoms with Crippen LogP contribution in [-0.4, -0.2) is 16.9 Å². The number of phenols is 1. The Morgan fingerprint density at radius 3 is 2.81 bits per heavy atom. The van der Waals surface area contributed by atoms with Gasteiger partial charge in [-0.15, -0.1) is 0 Å². The Morgan fingerprint density at radius 2 is 2.05 bits per heavy atom. The molecule has 0 fully saturated rings. The van der Waals surface area contributed by atoms with Gasteiger partial charge in [-0.05, 0) is 29.8 Å². The molecule has 0 aliphatic carbocycles. The molecule has 2 aromatic rings. The van der Waals surface area contributed by atoms with Gasteiger partial charge in [0.2, 0.25) is 5.91 Å². The van der Waals surface area contributed by atoms with E-state index in [-0.39, 0.29) is 11.6 Å². The SMILES string of the molecule is O=C1Cc2ccc(C(=O)Nc3ccc(O)c(F)c3)cc2N1. The molecule has 6 heteroatoms. The first-order chi connectivity index (χ1) is 10.0. The normalized spacial score (nSPS) is 12.7. The number of hydrogen-bond acceptors (Lipinski definition) is 3. The highest BCUT2D eigenvalue weighted by Crippen LogP contribution is 2.25. The minimum Gasteiger partial charge on any atom is -0.505 e. The molecule has 106 valence electrons. The smallest absolute Gasteiger partial charge is 0.255 e. The van der Waals surface area contributed by atoms with Crippen molar-refractivity contribution in [1.29, 1.82) is 0 Å². The molecule has 21 heavy (non-hydrogen) atoms. The van der Waals surface area contributed by atoms with Gasteiger partial charge >= 0.3 is 0 Å². The van der Waals surface area contributed by atoms with Crippen LogP contribution in [0.15, 0.2) is 36.4 Å². The van der Waals surface area contributed by atoms with Crippen molar-refractivity contribution in [2.24, 2.45) is 0 Å². The molecule has 0 aromatic heterocycles. The van der Waals surface area contributed by atoms with Crippen molar-refractivity contribution in [2.75, 3.05) is 10.6 Å². The number of carbonyl (C=O) groups is 2. The molecule has 0 saturated heterocycles. The molecule has 2 aromatic carbocycles. The third-order valence-corrected chi connectivity index (χ3v) is 3.20. The van der Waals surface area contributed by atoms with Gasteiger partial charge in [-0.25, -0.2) is 4.39 Å². The van der Waals surface area contributed by atoms with Crippen LogP contribution in [0, 0.1) is 5.82 Å². The summed E-state index contributed by atoms with van der Waals surface area (Å²) in [5.74, 6) is -1.82. The van der Waals surface area contributed by atoms with Crippen molar-refractivity contribution >= 4 is 23.2 Å². The summed E-state index contributed by atoms with van der Waals surface area (Å²) in [5, 5.41) is 14.3. The molecule has 0 saturated carbocycles. The lowest BCUT2D eigenvalue weighted by molar-refractivity contribution is -0.115. The minimum absolute atomic E-state index is 0.108. The van der Waals surface area contributed by atoms with Crippen LogP contribution in [0.1, 0.15) is 15.9 Å². The molecule has 0 unspecified atom stereocenters. The Balaban J connectivity index is 1.81. The zero-order chi connectivity index (χ0) is 15.0. The Morgan fingerprint density at radius 1 is 1.24 bits per heavy atom. The first-order valence-electron chi connectivity index (χ1n) is 6.25. The van der Waals surface area contributed by atoms with Crippen molar-refractivity contribution in [1.82, 2.24) is 0 Å². The van der Waals surface area contributed by atoms with Crippen LogP contribution in [0.4, 0.5) is 15.8 Å². The number of rotatable bonds is 2. The van der Waals surface area contributed by atoms with Crippen LogP contribution in [0.25, 0.3) is 0 Å². The van der Waals surface area contributed by atoms with E-state index >= 15 is 0 Å². The maximum absolute atomic E-state index is 13.2. The molecule has 2 amide bonds. The van der Waals surface area contributed by atoms with Crippen LogP contribution in [0.3, 0.4) is 0 Å². The lowest BCUT2D eigenvalue weighted by Gasteiger charge is -2.07. The third-order valence-electron chi connectivity index (χ3n) is 3.20. The van der Waals surface area contributed by atoms with E-state index in [4.69, 9.17) is 5.11 Å². The number of amides is 2. The van der Waals surface area contributed by atoms with Gasteiger partial charge in [0.05, 0.1) is 6.42 Å². The van der Waals surface area contributed by atoms with E-state index in [1.165, 1.54) is 6.07 Å². The standard InChI is InChI=1S/C15H11FN2O3/c16-11-7-10(3-4-13(11)19)17-15(21)9-2-1-8-6-14(20)18-12(8)5-9/h1-5,7,19H,6H2,(H,17,21)(H,18,20). The Kier molecular flexibility index (Phi) is 3.06. The van der Waals surface area contributed by atoms with E-state index in [0.29, 0.717) is 17.7 Å². The maximum atomic E-state index is 13.2. The summed E-state index contributed by atoms with van der Waals surface area (Å²) in [4.78, 5) is 23.3. The van der Waals surface area contributed by atoms with Crippen molar-refractivity contribution in [3.05, 3.63) is 53.3 Å². The second-order valence-corrected chi connectivity index (χ2v) is 4.72. The molecule has 0 spiro atoms. The van der Waals surface area contributed by atoms with E-state index < -0.39 is 17.5 Å². The van der Waals surface area contributed by atoms with E-state index in [2.05, 4.69) is 10.6 Å².